The number of fused-ring (bicyclic) bond motifs is 3. The van der Waals surface area contributed by atoms with Gasteiger partial charge in [-0.2, -0.15) is 0 Å². The van der Waals surface area contributed by atoms with E-state index < -0.39 is 0 Å². The molecule has 0 unspecified atom stereocenters. The molecule has 4 aromatic rings. The highest BCUT2D eigenvalue weighted by molar-refractivity contribution is 5.87. The van der Waals surface area contributed by atoms with E-state index in [-0.39, 0.29) is 5.41 Å². The van der Waals surface area contributed by atoms with Crippen LogP contribution in [-0.4, -0.2) is 0 Å². The molecule has 0 atom stereocenters. The predicted octanol–water partition coefficient (Wildman–Crippen LogP) is 8.41. The maximum absolute atomic E-state index is 2.48. The van der Waals surface area contributed by atoms with E-state index in [0.29, 0.717) is 0 Å². The van der Waals surface area contributed by atoms with Crippen molar-refractivity contribution < 1.29 is 0 Å². The third kappa shape index (κ3) is 3.19. The lowest BCUT2D eigenvalue weighted by atomic mass is 9.67. The monoisotopic (exact) mass is 430 g/mol. The van der Waals surface area contributed by atoms with Crippen LogP contribution in [0.3, 0.4) is 0 Å². The molecule has 1 aliphatic rings. The maximum Gasteiger partial charge on any atom is 0.0713 e. The summed E-state index contributed by atoms with van der Waals surface area (Å²) in [5.74, 6) is 0. The summed E-state index contributed by atoms with van der Waals surface area (Å²) in [7, 11) is 0. The smallest absolute Gasteiger partial charge is 0.0613 e. The molecule has 0 aromatic heterocycles. The van der Waals surface area contributed by atoms with Gasteiger partial charge in [-0.3, -0.25) is 0 Å². The zero-order valence-corrected chi connectivity index (χ0v) is 20.8. The fraction of sp³-hybridized carbons (Fsp3) is 0.273. The fourth-order valence-electron chi connectivity index (χ4n) is 5.87. The van der Waals surface area contributed by atoms with Gasteiger partial charge in [0.1, 0.15) is 0 Å². The number of hydrogen-bond acceptors (Lipinski definition) is 0. The van der Waals surface area contributed by atoms with Gasteiger partial charge in [0, 0.05) is 0 Å². The van der Waals surface area contributed by atoms with Crippen LogP contribution in [0.5, 0.6) is 0 Å². The third-order valence-corrected chi connectivity index (χ3v) is 7.78. The molecule has 33 heavy (non-hydrogen) atoms. The van der Waals surface area contributed by atoms with Crippen molar-refractivity contribution in [2.24, 2.45) is 0 Å². The van der Waals surface area contributed by atoms with Gasteiger partial charge in [0.05, 0.1) is 5.41 Å². The van der Waals surface area contributed by atoms with Crippen LogP contribution < -0.4 is 0 Å². The first kappa shape index (κ1) is 21.7. The van der Waals surface area contributed by atoms with Gasteiger partial charge in [0.2, 0.25) is 0 Å². The van der Waals surface area contributed by atoms with Crippen molar-refractivity contribution in [2.75, 3.05) is 0 Å². The van der Waals surface area contributed by atoms with E-state index in [4.69, 9.17) is 0 Å². The Morgan fingerprint density at radius 1 is 0.515 bits per heavy atom. The first-order chi connectivity index (χ1) is 15.9. The van der Waals surface area contributed by atoms with Crippen molar-refractivity contribution >= 4 is 0 Å². The van der Waals surface area contributed by atoms with E-state index in [0.717, 1.165) is 12.8 Å². The Kier molecular flexibility index (Phi) is 5.28. The van der Waals surface area contributed by atoms with Crippen LogP contribution in [0.1, 0.15) is 69.5 Å². The third-order valence-electron chi connectivity index (χ3n) is 7.78. The maximum atomic E-state index is 2.48. The van der Waals surface area contributed by atoms with Gasteiger partial charge >= 0.3 is 0 Å². The Morgan fingerprint density at radius 3 is 1.21 bits per heavy atom. The molecule has 0 heterocycles. The first-order valence-corrected chi connectivity index (χ1v) is 12.3. The number of hydrogen-bond donors (Lipinski definition) is 0. The highest BCUT2D eigenvalue weighted by Crippen LogP contribution is 2.57. The molecule has 0 bridgehead atoms. The summed E-state index contributed by atoms with van der Waals surface area (Å²) in [6, 6.07) is 28.4. The molecule has 0 spiro atoms. The van der Waals surface area contributed by atoms with Gasteiger partial charge < -0.3 is 0 Å². The molecule has 1 aliphatic carbocycles. The van der Waals surface area contributed by atoms with Crippen LogP contribution in [-0.2, 0) is 18.3 Å². The standard InChI is InChI=1S/C33H34/c1-7-25-19-29-30-20-26(8-2)24(6)18-32(30)33(31(29)17-23(25)5,27-13-9-21(3)10-14-27)28-15-11-22(4)12-16-28/h9-20H,7-8H2,1-6H3. The van der Waals surface area contributed by atoms with Crippen LogP contribution in [0, 0.1) is 27.7 Å². The van der Waals surface area contributed by atoms with Crippen LogP contribution in [0.25, 0.3) is 11.1 Å². The van der Waals surface area contributed by atoms with Crippen molar-refractivity contribution in [3.8, 4) is 11.1 Å². The zero-order chi connectivity index (χ0) is 23.3. The lowest BCUT2D eigenvalue weighted by Gasteiger charge is -2.34. The molecule has 5 rings (SSSR count). The molecule has 0 aliphatic heterocycles. The minimum atomic E-state index is -0.305. The van der Waals surface area contributed by atoms with Gasteiger partial charge in [-0.1, -0.05) is 97.8 Å². The van der Waals surface area contributed by atoms with Crippen molar-refractivity contribution in [2.45, 2.75) is 59.8 Å². The summed E-state index contributed by atoms with van der Waals surface area (Å²) >= 11 is 0. The van der Waals surface area contributed by atoms with Gasteiger partial charge in [0.25, 0.3) is 0 Å². The van der Waals surface area contributed by atoms with Gasteiger partial charge in [-0.05, 0) is 96.2 Å². The largest absolute Gasteiger partial charge is 0.0713 e. The Hall–Kier alpha value is -3.12. The van der Waals surface area contributed by atoms with Crippen molar-refractivity contribution in [3.05, 3.63) is 128 Å². The topological polar surface area (TPSA) is 0 Å². The zero-order valence-electron chi connectivity index (χ0n) is 20.8. The summed E-state index contributed by atoms with van der Waals surface area (Å²) in [5, 5.41) is 0. The Morgan fingerprint density at radius 2 is 0.879 bits per heavy atom. The Balaban J connectivity index is 1.98. The fourth-order valence-corrected chi connectivity index (χ4v) is 5.87. The van der Waals surface area contributed by atoms with E-state index >= 15 is 0 Å². The number of benzene rings is 4. The minimum Gasteiger partial charge on any atom is -0.0613 e. The van der Waals surface area contributed by atoms with Crippen LogP contribution >= 0.6 is 0 Å². The lowest BCUT2D eigenvalue weighted by Crippen LogP contribution is -2.29. The molecule has 0 amide bonds. The summed E-state index contributed by atoms with van der Waals surface area (Å²) in [5.41, 5.74) is 16.3. The predicted molar refractivity (Wildman–Crippen MR) is 141 cm³/mol. The molecular weight excluding hydrogens is 396 g/mol. The second-order valence-corrected chi connectivity index (χ2v) is 9.84. The number of rotatable bonds is 4. The average molecular weight is 431 g/mol. The normalized spacial score (nSPS) is 13.6. The van der Waals surface area contributed by atoms with Crippen molar-refractivity contribution in [1.29, 1.82) is 0 Å². The SMILES string of the molecule is CCc1cc2c(cc1C)C(c1ccc(C)cc1)(c1ccc(C)cc1)c1cc(C)c(CC)cc1-2. The molecule has 166 valence electrons. The molecule has 0 N–H and O–H groups in total. The molecule has 0 saturated carbocycles. The highest BCUT2D eigenvalue weighted by Gasteiger charge is 2.46. The van der Waals surface area contributed by atoms with Crippen LogP contribution in [0.4, 0.5) is 0 Å². The van der Waals surface area contributed by atoms with Crippen LogP contribution in [0.2, 0.25) is 0 Å². The van der Waals surface area contributed by atoms with E-state index in [9.17, 15) is 0 Å². The second kappa shape index (κ2) is 8.03. The van der Waals surface area contributed by atoms with E-state index in [1.165, 1.54) is 66.8 Å². The molecule has 4 aromatic carbocycles. The summed E-state index contributed by atoms with van der Waals surface area (Å²) in [6.07, 6.45) is 2.12. The van der Waals surface area contributed by atoms with Crippen molar-refractivity contribution in [1.82, 2.24) is 0 Å². The van der Waals surface area contributed by atoms with Crippen molar-refractivity contribution in [3.63, 3.8) is 0 Å². The Bertz CT molecular complexity index is 1230. The number of aryl methyl sites for hydroxylation is 6. The molecule has 0 heteroatoms. The average Bonchev–Trinajstić information content (AvgIpc) is 3.07. The van der Waals surface area contributed by atoms with Crippen LogP contribution in [0.15, 0.2) is 72.8 Å². The molecule has 0 fully saturated rings. The summed E-state index contributed by atoms with van der Waals surface area (Å²) in [6.45, 7) is 13.4. The molecule has 0 nitrogen and oxygen atoms in total. The molecular formula is C33H34. The van der Waals surface area contributed by atoms with E-state index in [2.05, 4.69) is 114 Å². The van der Waals surface area contributed by atoms with Gasteiger partial charge in [0.15, 0.2) is 0 Å². The molecule has 0 radical (unpaired) electrons. The van der Waals surface area contributed by atoms with Gasteiger partial charge in [-0.25, -0.2) is 0 Å². The first-order valence-electron chi connectivity index (χ1n) is 12.3. The second-order valence-electron chi connectivity index (χ2n) is 9.84. The summed E-state index contributed by atoms with van der Waals surface area (Å²) in [4.78, 5) is 0. The lowest BCUT2D eigenvalue weighted by molar-refractivity contribution is 0.764. The van der Waals surface area contributed by atoms with E-state index in [1.807, 2.05) is 0 Å². The Labute approximate surface area is 199 Å². The quantitative estimate of drug-likeness (QED) is 0.268. The minimum absolute atomic E-state index is 0.305. The molecule has 0 saturated heterocycles. The van der Waals surface area contributed by atoms with Gasteiger partial charge in [-0.15, -0.1) is 0 Å². The summed E-state index contributed by atoms with van der Waals surface area (Å²) < 4.78 is 0. The highest BCUT2D eigenvalue weighted by atomic mass is 14.5. The van der Waals surface area contributed by atoms with E-state index in [1.54, 1.807) is 0 Å².